The van der Waals surface area contributed by atoms with Gasteiger partial charge in [-0.15, -0.1) is 23.7 Å². The molecule has 0 unspecified atom stereocenters. The molecule has 12 nitrogen and oxygen atoms in total. The molecule has 1 aromatic heterocycles. The number of benzene rings is 2. The summed E-state index contributed by atoms with van der Waals surface area (Å²) in [7, 11) is -3.86. The van der Waals surface area contributed by atoms with E-state index in [9.17, 15) is 18.9 Å². The molecule has 0 aliphatic heterocycles. The lowest BCUT2D eigenvalue weighted by molar-refractivity contribution is -0.146. The Balaban J connectivity index is 0.00000800. The van der Waals surface area contributed by atoms with Crippen LogP contribution in [-0.2, 0) is 23.6 Å². The number of thiazole rings is 1. The maximum absolute atomic E-state index is 14.8. The second-order valence-electron chi connectivity index (χ2n) is 11.6. The molecule has 1 amide bonds. The number of esters is 2. The monoisotopic (exact) mass is 724 g/mol. The third-order valence-corrected chi connectivity index (χ3v) is 9.66. The average molecular weight is 725 g/mol. The summed E-state index contributed by atoms with van der Waals surface area (Å²) in [6.45, 7) is 14.7. The number of halogens is 1. The molecule has 0 aliphatic carbocycles. The Hall–Kier alpha value is -3.48. The first-order valence-electron chi connectivity index (χ1n) is 15.6. The summed E-state index contributed by atoms with van der Waals surface area (Å²) in [6.07, 6.45) is 1.45. The van der Waals surface area contributed by atoms with Gasteiger partial charge in [0.15, 0.2) is 5.13 Å². The number of hydrogen-bond acceptors (Lipinski definition) is 10. The van der Waals surface area contributed by atoms with E-state index in [2.05, 4.69) is 20.5 Å². The van der Waals surface area contributed by atoms with Crippen LogP contribution in [0.15, 0.2) is 54.0 Å². The van der Waals surface area contributed by atoms with Crippen LogP contribution < -0.4 is 30.3 Å². The number of hydrogen-bond donors (Lipinski definition) is 3. The molecule has 0 bridgehead atoms. The van der Waals surface area contributed by atoms with Crippen molar-refractivity contribution >= 4 is 59.5 Å². The Morgan fingerprint density at radius 3 is 1.81 bits per heavy atom. The molecule has 1 heterocycles. The molecular formula is C33H46ClN4O8PS. The van der Waals surface area contributed by atoms with E-state index in [4.69, 9.17) is 18.9 Å². The van der Waals surface area contributed by atoms with Gasteiger partial charge in [-0.05, 0) is 75.9 Å². The highest BCUT2D eigenvalue weighted by Gasteiger charge is 2.38. The van der Waals surface area contributed by atoms with Gasteiger partial charge in [0.2, 0.25) is 7.44 Å². The van der Waals surface area contributed by atoms with Crippen LogP contribution in [0, 0.1) is 11.8 Å². The van der Waals surface area contributed by atoms with Crippen molar-refractivity contribution in [2.45, 2.75) is 73.6 Å². The van der Waals surface area contributed by atoms with Crippen molar-refractivity contribution in [2.75, 3.05) is 18.5 Å². The van der Waals surface area contributed by atoms with Gasteiger partial charge < -0.3 is 18.9 Å². The third kappa shape index (κ3) is 11.6. The van der Waals surface area contributed by atoms with E-state index in [0.29, 0.717) is 33.2 Å². The van der Waals surface area contributed by atoms with Gasteiger partial charge in [0.05, 0.1) is 19.3 Å². The quantitative estimate of drug-likeness (QED) is 0.102. The van der Waals surface area contributed by atoms with Crippen LogP contribution in [0.4, 0.5) is 5.13 Å². The highest BCUT2D eigenvalue weighted by Crippen LogP contribution is 2.39. The fourth-order valence-corrected chi connectivity index (χ4v) is 7.46. The second kappa shape index (κ2) is 18.9. The number of nitrogens with zero attached hydrogens (tertiary/aromatic N) is 1. The van der Waals surface area contributed by atoms with E-state index >= 15 is 0 Å². The maximum atomic E-state index is 14.8. The molecule has 0 saturated carbocycles. The van der Waals surface area contributed by atoms with Gasteiger partial charge in [-0.2, -0.15) is 0 Å². The zero-order valence-electron chi connectivity index (χ0n) is 28.5. The number of amides is 1. The van der Waals surface area contributed by atoms with E-state index in [1.54, 1.807) is 67.9 Å². The van der Waals surface area contributed by atoms with Gasteiger partial charge >= 0.3 is 11.9 Å². The van der Waals surface area contributed by atoms with Crippen LogP contribution in [0.3, 0.4) is 0 Å². The predicted octanol–water partition coefficient (Wildman–Crippen LogP) is 6.57. The first-order chi connectivity index (χ1) is 22.3. The summed E-state index contributed by atoms with van der Waals surface area (Å²) in [5.74, 6) is -0.902. The Bertz CT molecular complexity index is 1500. The van der Waals surface area contributed by atoms with Crippen molar-refractivity contribution in [1.29, 1.82) is 0 Å². The Kier molecular flexibility index (Phi) is 16.0. The molecule has 3 N–H and O–H groups in total. The van der Waals surface area contributed by atoms with E-state index in [-0.39, 0.29) is 49.5 Å². The lowest BCUT2D eigenvalue weighted by atomic mass is 10.1. The first kappa shape index (κ1) is 40.7. The summed E-state index contributed by atoms with van der Waals surface area (Å²) in [5, 5.41) is 11.3. The minimum atomic E-state index is -3.86. The minimum absolute atomic E-state index is 0. The van der Waals surface area contributed by atoms with E-state index in [1.165, 1.54) is 11.3 Å². The van der Waals surface area contributed by atoms with Crippen molar-refractivity contribution in [3.8, 4) is 17.2 Å². The molecule has 0 radical (unpaired) electrons. The van der Waals surface area contributed by atoms with Crippen LogP contribution in [-0.4, -0.2) is 54.2 Å². The fourth-order valence-electron chi connectivity index (χ4n) is 4.41. The summed E-state index contributed by atoms with van der Waals surface area (Å²) in [6, 6.07) is 9.40. The highest BCUT2D eigenvalue weighted by molar-refractivity contribution is 7.67. The predicted molar refractivity (Wildman–Crippen MR) is 190 cm³/mol. The number of nitrogens with one attached hydrogen (secondary N) is 3. The van der Waals surface area contributed by atoms with Gasteiger partial charge in [-0.1, -0.05) is 27.7 Å². The van der Waals surface area contributed by atoms with Gasteiger partial charge in [0, 0.05) is 28.5 Å². The van der Waals surface area contributed by atoms with Gasteiger partial charge in [-0.25, -0.2) is 15.2 Å². The normalized spacial score (nSPS) is 12.6. The molecule has 3 rings (SSSR count). The van der Waals surface area contributed by atoms with Crippen LogP contribution in [0.2, 0.25) is 0 Å². The average Bonchev–Trinajstić information content (AvgIpc) is 3.51. The van der Waals surface area contributed by atoms with Crippen molar-refractivity contribution < 1.29 is 37.9 Å². The molecule has 48 heavy (non-hydrogen) atoms. The zero-order chi connectivity index (χ0) is 34.7. The highest BCUT2D eigenvalue weighted by atomic mass is 35.5. The summed E-state index contributed by atoms with van der Waals surface area (Å²) in [5.41, 5.74) is 0.306. The number of carbonyl (C=O) groups excluding carboxylic acids is 3. The zero-order valence-corrected chi connectivity index (χ0v) is 31.0. The third-order valence-electron chi connectivity index (χ3n) is 6.66. The standard InChI is InChI=1S/C33H45N4O8PS.ClH/c1-9-42-31(39)28(20(3)4)36-46(41,37-29(21(5)6)32(40)43-10-2)27-13-11-24(12-14-27)45-26-18-23(17-25(19-26)44-22(7)8)30(38)35-33-34-15-16-47-33;/h11-22,28-29H,9-10H2,1-8H3,(H,34,35,38)(H2,36,37,41);1H/t28-,29-;/m0./s1. The number of ether oxygens (including phenoxy) is 4. The lowest BCUT2D eigenvalue weighted by Gasteiger charge is -2.31. The number of anilines is 1. The molecular weight excluding hydrogens is 679 g/mol. The molecule has 264 valence electrons. The summed E-state index contributed by atoms with van der Waals surface area (Å²) >= 11 is 1.30. The molecule has 2 aromatic carbocycles. The lowest BCUT2D eigenvalue weighted by Crippen LogP contribution is -2.49. The van der Waals surface area contributed by atoms with Gasteiger partial charge in [0.1, 0.15) is 29.3 Å². The van der Waals surface area contributed by atoms with Crippen LogP contribution >= 0.6 is 31.2 Å². The Morgan fingerprint density at radius 2 is 1.35 bits per heavy atom. The fraction of sp³-hybridized carbons (Fsp3) is 0.455. The molecule has 0 aliphatic rings. The molecule has 2 atom stereocenters. The van der Waals surface area contributed by atoms with Crippen LogP contribution in [0.1, 0.15) is 65.7 Å². The summed E-state index contributed by atoms with van der Waals surface area (Å²) < 4.78 is 37.3. The molecule has 0 fully saturated rings. The first-order valence-corrected chi connectivity index (χ1v) is 18.1. The van der Waals surface area contributed by atoms with Crippen molar-refractivity contribution in [3.63, 3.8) is 0 Å². The number of rotatable bonds is 17. The topological polar surface area (TPSA) is 154 Å². The largest absolute Gasteiger partial charge is 0.491 e. The van der Waals surface area contributed by atoms with E-state index in [1.807, 2.05) is 41.5 Å². The molecule has 15 heteroatoms. The van der Waals surface area contributed by atoms with E-state index < -0.39 is 31.5 Å². The Labute approximate surface area is 292 Å². The van der Waals surface area contributed by atoms with E-state index in [0.717, 1.165) is 0 Å². The van der Waals surface area contributed by atoms with Crippen molar-refractivity contribution in [1.82, 2.24) is 15.2 Å². The van der Waals surface area contributed by atoms with Gasteiger partial charge in [0.25, 0.3) is 5.91 Å². The van der Waals surface area contributed by atoms with Gasteiger partial charge in [-0.3, -0.25) is 24.3 Å². The van der Waals surface area contributed by atoms with Crippen LogP contribution in [0.5, 0.6) is 17.2 Å². The number of aromatic nitrogens is 1. The maximum Gasteiger partial charge on any atom is 0.323 e. The smallest absolute Gasteiger partial charge is 0.323 e. The molecule has 0 saturated heterocycles. The Morgan fingerprint density at radius 1 is 0.812 bits per heavy atom. The van der Waals surface area contributed by atoms with Crippen LogP contribution in [0.25, 0.3) is 0 Å². The van der Waals surface area contributed by atoms with Crippen molar-refractivity contribution in [3.05, 3.63) is 59.6 Å². The number of carbonyl (C=O) groups is 3. The molecule has 0 spiro atoms. The second-order valence-corrected chi connectivity index (χ2v) is 14.7. The minimum Gasteiger partial charge on any atom is -0.491 e. The molecule has 3 aromatic rings. The summed E-state index contributed by atoms with van der Waals surface area (Å²) in [4.78, 5) is 42.9. The SMILES string of the molecule is CCOC(=O)[C@@H](NP(=O)(N[C@H](C(=O)OCC)C(C)C)c1ccc(Oc2cc(OC(C)C)cc(C(=O)Nc3nccs3)c2)cc1)C(C)C.Cl. The van der Waals surface area contributed by atoms with Crippen molar-refractivity contribution in [2.24, 2.45) is 11.8 Å².